The molecule has 3 aromatic rings. The SMILES string of the molecule is CN1CCC(N2C(=O)c3cc4nc(-c5ccn(C)n5)[nH]c4cc3C2=O)CC1. The lowest BCUT2D eigenvalue weighted by Crippen LogP contribution is -2.46. The van der Waals surface area contributed by atoms with Gasteiger partial charge < -0.3 is 9.88 Å². The molecule has 2 amide bonds. The highest BCUT2D eigenvalue weighted by atomic mass is 16.2. The Labute approximate surface area is 155 Å². The molecule has 4 heterocycles. The first-order valence-electron chi connectivity index (χ1n) is 9.11. The van der Waals surface area contributed by atoms with Crippen molar-refractivity contribution in [1.82, 2.24) is 29.5 Å². The second-order valence-corrected chi connectivity index (χ2v) is 7.39. The van der Waals surface area contributed by atoms with Crippen molar-refractivity contribution >= 4 is 22.8 Å². The van der Waals surface area contributed by atoms with E-state index in [0.717, 1.165) is 37.1 Å². The van der Waals surface area contributed by atoms with Crippen LogP contribution in [0.15, 0.2) is 24.4 Å². The Bertz CT molecular complexity index is 1020. The van der Waals surface area contributed by atoms with Gasteiger partial charge in [-0.3, -0.25) is 19.2 Å². The third-order valence-electron chi connectivity index (χ3n) is 5.53. The summed E-state index contributed by atoms with van der Waals surface area (Å²) in [6.45, 7) is 1.79. The van der Waals surface area contributed by atoms with Crippen LogP contribution in [0.25, 0.3) is 22.6 Å². The summed E-state index contributed by atoms with van der Waals surface area (Å²) < 4.78 is 1.70. The summed E-state index contributed by atoms with van der Waals surface area (Å²) >= 11 is 0. The molecule has 8 nitrogen and oxygen atoms in total. The largest absolute Gasteiger partial charge is 0.337 e. The Hall–Kier alpha value is -3.00. The quantitative estimate of drug-likeness (QED) is 0.699. The molecule has 2 aliphatic rings. The van der Waals surface area contributed by atoms with E-state index in [9.17, 15) is 9.59 Å². The fraction of sp³-hybridized carbons (Fsp3) is 0.368. The molecule has 0 spiro atoms. The molecule has 0 saturated carbocycles. The Morgan fingerprint density at radius 1 is 1.07 bits per heavy atom. The second-order valence-electron chi connectivity index (χ2n) is 7.39. The van der Waals surface area contributed by atoms with Crippen LogP contribution in [0.3, 0.4) is 0 Å². The van der Waals surface area contributed by atoms with E-state index in [-0.39, 0.29) is 17.9 Å². The molecule has 0 atom stereocenters. The van der Waals surface area contributed by atoms with E-state index in [2.05, 4.69) is 27.0 Å². The maximum Gasteiger partial charge on any atom is 0.261 e. The number of aryl methyl sites for hydroxylation is 1. The molecule has 0 aliphatic carbocycles. The summed E-state index contributed by atoms with van der Waals surface area (Å²) in [6.07, 6.45) is 3.48. The molecular weight excluding hydrogens is 344 g/mol. The smallest absolute Gasteiger partial charge is 0.261 e. The zero-order valence-electron chi connectivity index (χ0n) is 15.3. The number of likely N-dealkylation sites (tertiary alicyclic amines) is 1. The summed E-state index contributed by atoms with van der Waals surface area (Å²) in [5.41, 5.74) is 3.04. The molecule has 5 rings (SSSR count). The van der Waals surface area contributed by atoms with Crippen molar-refractivity contribution in [1.29, 1.82) is 0 Å². The van der Waals surface area contributed by atoms with Crippen molar-refractivity contribution in [3.8, 4) is 11.5 Å². The topological polar surface area (TPSA) is 87.1 Å². The van der Waals surface area contributed by atoms with Crippen molar-refractivity contribution in [3.05, 3.63) is 35.5 Å². The van der Waals surface area contributed by atoms with Gasteiger partial charge in [0.2, 0.25) is 0 Å². The van der Waals surface area contributed by atoms with Gasteiger partial charge in [-0.15, -0.1) is 0 Å². The molecule has 1 N–H and O–H groups in total. The molecule has 2 aliphatic heterocycles. The highest BCUT2D eigenvalue weighted by Crippen LogP contribution is 2.31. The van der Waals surface area contributed by atoms with E-state index in [4.69, 9.17) is 0 Å². The molecule has 0 unspecified atom stereocenters. The summed E-state index contributed by atoms with van der Waals surface area (Å²) in [5, 5.41) is 4.34. The van der Waals surface area contributed by atoms with Crippen molar-refractivity contribution < 1.29 is 9.59 Å². The van der Waals surface area contributed by atoms with E-state index >= 15 is 0 Å². The number of H-pyrrole nitrogens is 1. The summed E-state index contributed by atoms with van der Waals surface area (Å²) in [7, 11) is 3.90. The number of imide groups is 1. The minimum Gasteiger partial charge on any atom is -0.337 e. The number of rotatable bonds is 2. The van der Waals surface area contributed by atoms with Gasteiger partial charge in [-0.05, 0) is 51.2 Å². The van der Waals surface area contributed by atoms with E-state index < -0.39 is 0 Å². The van der Waals surface area contributed by atoms with Gasteiger partial charge in [0.05, 0.1) is 22.2 Å². The number of aromatic nitrogens is 4. The normalized spacial score (nSPS) is 18.7. The van der Waals surface area contributed by atoms with Gasteiger partial charge in [0, 0.05) is 19.3 Å². The van der Waals surface area contributed by atoms with Gasteiger partial charge in [0.1, 0.15) is 5.69 Å². The van der Waals surface area contributed by atoms with E-state index in [1.165, 1.54) is 4.90 Å². The van der Waals surface area contributed by atoms with Gasteiger partial charge in [0.25, 0.3) is 11.8 Å². The third-order valence-corrected chi connectivity index (χ3v) is 5.53. The molecule has 1 saturated heterocycles. The number of amides is 2. The van der Waals surface area contributed by atoms with Crippen LogP contribution in [0.5, 0.6) is 0 Å². The highest BCUT2D eigenvalue weighted by molar-refractivity contribution is 6.23. The number of hydrogen-bond acceptors (Lipinski definition) is 5. The lowest BCUT2D eigenvalue weighted by molar-refractivity contribution is 0.0516. The molecule has 0 radical (unpaired) electrons. The van der Waals surface area contributed by atoms with Crippen LogP contribution in [0.1, 0.15) is 33.6 Å². The number of fused-ring (bicyclic) bond motifs is 2. The van der Waals surface area contributed by atoms with E-state index in [1.807, 2.05) is 19.3 Å². The number of carbonyl (C=O) groups excluding carboxylic acids is 2. The number of imidazole rings is 1. The number of aromatic amines is 1. The molecule has 0 bridgehead atoms. The van der Waals surface area contributed by atoms with Gasteiger partial charge in [0.15, 0.2) is 5.82 Å². The lowest BCUT2D eigenvalue weighted by atomic mass is 10.0. The summed E-state index contributed by atoms with van der Waals surface area (Å²) in [5.74, 6) is 0.232. The molecule has 138 valence electrons. The lowest BCUT2D eigenvalue weighted by Gasteiger charge is -2.33. The van der Waals surface area contributed by atoms with Gasteiger partial charge in [-0.2, -0.15) is 5.10 Å². The van der Waals surface area contributed by atoms with Crippen molar-refractivity contribution in [2.75, 3.05) is 20.1 Å². The number of hydrogen-bond donors (Lipinski definition) is 1. The van der Waals surface area contributed by atoms with Crippen LogP contribution in [0.4, 0.5) is 0 Å². The van der Waals surface area contributed by atoms with E-state index in [0.29, 0.717) is 22.5 Å². The van der Waals surface area contributed by atoms with Crippen molar-refractivity contribution in [3.63, 3.8) is 0 Å². The Balaban J connectivity index is 1.52. The fourth-order valence-corrected chi connectivity index (χ4v) is 4.01. The average Bonchev–Trinajstić information content (AvgIpc) is 3.32. The van der Waals surface area contributed by atoms with Crippen LogP contribution >= 0.6 is 0 Å². The Morgan fingerprint density at radius 2 is 1.78 bits per heavy atom. The van der Waals surface area contributed by atoms with Crippen LogP contribution in [0.2, 0.25) is 0 Å². The molecular formula is C19H20N6O2. The predicted octanol–water partition coefficient (Wildman–Crippen LogP) is 1.65. The predicted molar refractivity (Wildman–Crippen MR) is 99.3 cm³/mol. The Morgan fingerprint density at radius 3 is 2.44 bits per heavy atom. The maximum atomic E-state index is 13.0. The van der Waals surface area contributed by atoms with Crippen molar-refractivity contribution in [2.24, 2.45) is 7.05 Å². The number of benzene rings is 1. The van der Waals surface area contributed by atoms with Crippen LogP contribution in [0, 0.1) is 0 Å². The summed E-state index contributed by atoms with van der Waals surface area (Å²) in [4.78, 5) is 37.4. The molecule has 1 fully saturated rings. The first kappa shape index (κ1) is 16.2. The molecule has 8 heteroatoms. The van der Waals surface area contributed by atoms with Crippen LogP contribution in [-0.4, -0.2) is 67.5 Å². The minimum absolute atomic E-state index is 0.0241. The Kier molecular flexibility index (Phi) is 3.45. The first-order valence-corrected chi connectivity index (χ1v) is 9.11. The minimum atomic E-state index is -0.200. The van der Waals surface area contributed by atoms with Gasteiger partial charge >= 0.3 is 0 Å². The first-order chi connectivity index (χ1) is 13.0. The third kappa shape index (κ3) is 2.48. The highest BCUT2D eigenvalue weighted by Gasteiger charge is 2.41. The summed E-state index contributed by atoms with van der Waals surface area (Å²) in [6, 6.07) is 5.31. The van der Waals surface area contributed by atoms with Crippen LogP contribution in [-0.2, 0) is 7.05 Å². The number of piperidine rings is 1. The monoisotopic (exact) mass is 364 g/mol. The second kappa shape index (κ2) is 5.75. The molecule has 27 heavy (non-hydrogen) atoms. The van der Waals surface area contributed by atoms with Gasteiger partial charge in [-0.25, -0.2) is 4.98 Å². The van der Waals surface area contributed by atoms with Gasteiger partial charge in [-0.1, -0.05) is 0 Å². The standard InChI is InChI=1S/C19H20N6O2/c1-23-6-3-11(4-7-23)25-18(26)12-9-15-16(10-13(12)19(25)27)21-17(20-15)14-5-8-24(2)22-14/h5,8-11H,3-4,6-7H2,1-2H3,(H,20,21). The number of nitrogens with one attached hydrogen (secondary N) is 1. The average molecular weight is 364 g/mol. The number of carbonyl (C=O) groups is 2. The number of nitrogens with zero attached hydrogens (tertiary/aromatic N) is 5. The molecule has 1 aromatic carbocycles. The van der Waals surface area contributed by atoms with Crippen LogP contribution < -0.4 is 0 Å². The zero-order valence-corrected chi connectivity index (χ0v) is 15.3. The maximum absolute atomic E-state index is 13.0. The molecule has 2 aromatic heterocycles. The fourth-order valence-electron chi connectivity index (χ4n) is 4.01. The zero-order chi connectivity index (χ0) is 18.7. The van der Waals surface area contributed by atoms with Crippen molar-refractivity contribution in [2.45, 2.75) is 18.9 Å². The van der Waals surface area contributed by atoms with E-state index in [1.54, 1.807) is 16.8 Å².